The highest BCUT2D eigenvalue weighted by molar-refractivity contribution is 6.54. The molecule has 3 heteroatoms. The summed E-state index contributed by atoms with van der Waals surface area (Å²) in [6.07, 6.45) is 1.84. The minimum atomic E-state index is -0.107. The Kier molecular flexibility index (Phi) is 6.07. The van der Waals surface area contributed by atoms with E-state index >= 15 is 0 Å². The zero-order valence-corrected chi connectivity index (χ0v) is 10.9. The van der Waals surface area contributed by atoms with Gasteiger partial charge in [-0.05, 0) is 19.4 Å². The van der Waals surface area contributed by atoms with Gasteiger partial charge in [-0.15, -0.1) is 0 Å². The molecule has 1 rings (SSSR count). The highest BCUT2D eigenvalue weighted by Gasteiger charge is 2.10. The molecule has 0 fully saturated rings. The van der Waals surface area contributed by atoms with Gasteiger partial charge in [0.2, 0.25) is 0 Å². The van der Waals surface area contributed by atoms with E-state index < -0.39 is 0 Å². The molecule has 2 nitrogen and oxygen atoms in total. The fraction of sp³-hybridized carbons (Fsp3) is 0.385. The second-order valence-corrected chi connectivity index (χ2v) is 4.55. The third-order valence-electron chi connectivity index (χ3n) is 2.07. The van der Waals surface area contributed by atoms with Crippen LogP contribution >= 0.6 is 0 Å². The molecule has 16 heavy (non-hydrogen) atoms. The largest absolute Gasteiger partial charge is 0.357 e. The van der Waals surface area contributed by atoms with Crippen molar-refractivity contribution in [1.82, 2.24) is 0 Å². The molecule has 1 aromatic carbocycles. The molecule has 1 aromatic rings. The molecule has 0 heterocycles. The molecule has 0 amide bonds. The van der Waals surface area contributed by atoms with Crippen molar-refractivity contribution in [3.8, 4) is 0 Å². The summed E-state index contributed by atoms with van der Waals surface area (Å²) in [6.45, 7) is 9.07. The Bertz CT molecular complexity index is 302. The van der Waals surface area contributed by atoms with E-state index in [9.17, 15) is 0 Å². The van der Waals surface area contributed by atoms with Crippen molar-refractivity contribution in [3.63, 3.8) is 0 Å². The average molecular weight is 234 g/mol. The predicted molar refractivity (Wildman–Crippen MR) is 69.0 cm³/mol. The van der Waals surface area contributed by atoms with Crippen molar-refractivity contribution in [3.05, 3.63) is 36.4 Å². The highest BCUT2D eigenvalue weighted by Crippen LogP contribution is 1.99. The fourth-order valence-corrected chi connectivity index (χ4v) is 2.42. The van der Waals surface area contributed by atoms with E-state index in [1.165, 1.54) is 5.19 Å². The average Bonchev–Trinajstić information content (AvgIpc) is 2.31. The molecule has 0 saturated carbocycles. The summed E-state index contributed by atoms with van der Waals surface area (Å²) in [6, 6.07) is 8.32. The molecule has 0 bridgehead atoms. The summed E-state index contributed by atoms with van der Waals surface area (Å²) in [5, 5.41) is 1.25. The van der Waals surface area contributed by atoms with Crippen LogP contribution in [0, 0.1) is 0 Å². The van der Waals surface area contributed by atoms with Crippen LogP contribution in [-0.4, -0.2) is 28.6 Å². The van der Waals surface area contributed by atoms with E-state index in [1.807, 2.05) is 19.9 Å². The predicted octanol–water partition coefficient (Wildman–Crippen LogP) is 2.02. The summed E-state index contributed by atoms with van der Waals surface area (Å²) in [5.74, 6) is -0.107. The van der Waals surface area contributed by atoms with Crippen molar-refractivity contribution >= 4 is 20.8 Å². The Morgan fingerprint density at radius 1 is 1.19 bits per heavy atom. The van der Waals surface area contributed by atoms with Gasteiger partial charge in [0.05, 0.1) is 0 Å². The monoisotopic (exact) mass is 234 g/mol. The Balaban J connectivity index is 2.58. The van der Waals surface area contributed by atoms with E-state index in [0.717, 1.165) is 5.56 Å². The Morgan fingerprint density at radius 3 is 2.19 bits per heavy atom. The van der Waals surface area contributed by atoms with Crippen LogP contribution in [0.15, 0.2) is 30.8 Å². The van der Waals surface area contributed by atoms with Crippen molar-refractivity contribution in [2.24, 2.45) is 0 Å². The van der Waals surface area contributed by atoms with Crippen molar-refractivity contribution in [1.29, 1.82) is 0 Å². The Labute approximate surface area is 100 Å². The Hall–Kier alpha value is -0.903. The lowest BCUT2D eigenvalue weighted by Crippen LogP contribution is -2.33. The van der Waals surface area contributed by atoms with Gasteiger partial charge >= 0.3 is 0 Å². The maximum absolute atomic E-state index is 5.51. The van der Waals surface area contributed by atoms with Crippen molar-refractivity contribution in [2.75, 3.05) is 13.2 Å². The van der Waals surface area contributed by atoms with E-state index in [-0.39, 0.29) is 5.91 Å². The van der Waals surface area contributed by atoms with Gasteiger partial charge in [-0.2, -0.15) is 0 Å². The first-order valence-corrected chi connectivity index (χ1v) is 6.60. The van der Waals surface area contributed by atoms with Gasteiger partial charge in [0.1, 0.15) is 5.91 Å². The lowest BCUT2D eigenvalue weighted by molar-refractivity contribution is -0.0817. The van der Waals surface area contributed by atoms with Gasteiger partial charge in [-0.3, -0.25) is 0 Å². The zero-order chi connectivity index (χ0) is 11.8. The lowest BCUT2D eigenvalue weighted by atomic mass is 10.2. The minimum Gasteiger partial charge on any atom is -0.357 e. The van der Waals surface area contributed by atoms with E-state index in [2.05, 4.69) is 30.8 Å². The molecule has 0 aliphatic rings. The second kappa shape index (κ2) is 7.38. The van der Waals surface area contributed by atoms with Gasteiger partial charge in [0.15, 0.2) is 9.52 Å². The molecule has 0 aromatic heterocycles. The van der Waals surface area contributed by atoms with Crippen LogP contribution in [0.25, 0.3) is 6.08 Å². The lowest BCUT2D eigenvalue weighted by Gasteiger charge is -2.16. The molecule has 0 saturated heterocycles. The summed E-state index contributed by atoms with van der Waals surface area (Å²) >= 11 is 0. The van der Waals surface area contributed by atoms with Crippen molar-refractivity contribution < 1.29 is 9.47 Å². The SMILES string of the molecule is C=Cc1ccc([Si]C(OCC)OCC)cc1. The van der Waals surface area contributed by atoms with Crippen molar-refractivity contribution in [2.45, 2.75) is 19.8 Å². The molecule has 2 radical (unpaired) electrons. The molecular formula is C13H18O2Si. The molecule has 0 spiro atoms. The molecular weight excluding hydrogens is 216 g/mol. The van der Waals surface area contributed by atoms with Crippen LogP contribution < -0.4 is 5.19 Å². The minimum absolute atomic E-state index is 0.107. The number of hydrogen-bond acceptors (Lipinski definition) is 2. The van der Waals surface area contributed by atoms with Crippen LogP contribution in [0.1, 0.15) is 19.4 Å². The smallest absolute Gasteiger partial charge is 0.157 e. The third kappa shape index (κ3) is 4.31. The van der Waals surface area contributed by atoms with Crippen LogP contribution in [0.2, 0.25) is 0 Å². The number of benzene rings is 1. The fourth-order valence-electron chi connectivity index (χ4n) is 1.29. The van der Waals surface area contributed by atoms with Crippen LogP contribution in [0.4, 0.5) is 0 Å². The van der Waals surface area contributed by atoms with Gasteiger partial charge in [0, 0.05) is 13.2 Å². The number of hydrogen-bond donors (Lipinski definition) is 0. The first-order valence-electron chi connectivity index (χ1n) is 5.52. The maximum atomic E-state index is 5.51. The number of ether oxygens (including phenoxy) is 2. The molecule has 0 unspecified atom stereocenters. The molecule has 0 atom stereocenters. The quantitative estimate of drug-likeness (QED) is 0.531. The molecule has 0 N–H and O–H groups in total. The first kappa shape index (κ1) is 13.2. The van der Waals surface area contributed by atoms with Crippen LogP contribution in [0.5, 0.6) is 0 Å². The normalized spacial score (nSPS) is 10.7. The van der Waals surface area contributed by atoms with Gasteiger partial charge < -0.3 is 9.47 Å². The standard InChI is InChI=1S/C13H18O2Si/c1-4-11-7-9-12(10-8-11)16-13(14-5-2)15-6-3/h4,7-10,13H,1,5-6H2,2-3H3. The first-order chi connectivity index (χ1) is 7.80. The molecule has 0 aliphatic carbocycles. The zero-order valence-electron chi connectivity index (χ0n) is 9.90. The summed E-state index contributed by atoms with van der Waals surface area (Å²) in [5.41, 5.74) is 1.14. The number of rotatable bonds is 7. The van der Waals surface area contributed by atoms with E-state index in [4.69, 9.17) is 9.47 Å². The molecule has 86 valence electrons. The topological polar surface area (TPSA) is 18.5 Å². The van der Waals surface area contributed by atoms with Gasteiger partial charge in [-0.1, -0.05) is 42.1 Å². The summed E-state index contributed by atoms with van der Waals surface area (Å²) < 4.78 is 11.0. The summed E-state index contributed by atoms with van der Waals surface area (Å²) in [4.78, 5) is 0. The van der Waals surface area contributed by atoms with Gasteiger partial charge in [-0.25, -0.2) is 0 Å². The van der Waals surface area contributed by atoms with E-state index in [1.54, 1.807) is 0 Å². The van der Waals surface area contributed by atoms with Gasteiger partial charge in [0.25, 0.3) is 0 Å². The van der Waals surface area contributed by atoms with Crippen LogP contribution in [-0.2, 0) is 9.47 Å². The molecule has 0 aliphatic heterocycles. The second-order valence-electron chi connectivity index (χ2n) is 3.21. The Morgan fingerprint density at radius 2 is 1.75 bits per heavy atom. The summed E-state index contributed by atoms with van der Waals surface area (Å²) in [7, 11) is 0.528. The van der Waals surface area contributed by atoms with E-state index in [0.29, 0.717) is 22.7 Å². The van der Waals surface area contributed by atoms with Crippen LogP contribution in [0.3, 0.4) is 0 Å². The third-order valence-corrected chi connectivity index (χ3v) is 3.30. The highest BCUT2D eigenvalue weighted by atomic mass is 28.2. The maximum Gasteiger partial charge on any atom is 0.157 e.